The van der Waals surface area contributed by atoms with E-state index in [1.807, 2.05) is 6.08 Å². The average Bonchev–Trinajstić information content (AvgIpc) is 2.90. The summed E-state index contributed by atoms with van der Waals surface area (Å²) in [6, 6.07) is 0. The van der Waals surface area contributed by atoms with Crippen LogP contribution < -0.4 is 0 Å². The number of hydrogen-bond donors (Lipinski definition) is 1. The highest BCUT2D eigenvalue weighted by Gasteiger charge is 2.30. The lowest BCUT2D eigenvalue weighted by Crippen LogP contribution is -1.99. The SMILES string of the molecule is CCCCCCCCC1=C[C@@H]1C(=O)O. The van der Waals surface area contributed by atoms with Gasteiger partial charge in [-0.25, -0.2) is 0 Å². The van der Waals surface area contributed by atoms with Crippen molar-refractivity contribution in [3.63, 3.8) is 0 Å². The van der Waals surface area contributed by atoms with Crippen molar-refractivity contribution in [2.45, 2.75) is 51.9 Å². The maximum absolute atomic E-state index is 10.5. The predicted octanol–water partition coefficient (Wildman–Crippen LogP) is 3.38. The molecule has 1 rings (SSSR count). The molecule has 0 aromatic rings. The molecule has 0 saturated carbocycles. The van der Waals surface area contributed by atoms with Crippen LogP contribution in [-0.2, 0) is 4.79 Å². The molecule has 0 heterocycles. The summed E-state index contributed by atoms with van der Waals surface area (Å²) in [6.07, 6.45) is 10.5. The normalized spacial score (nSPS) is 19.2. The summed E-state index contributed by atoms with van der Waals surface area (Å²) in [5.74, 6) is -0.878. The van der Waals surface area contributed by atoms with Gasteiger partial charge in [-0.2, -0.15) is 0 Å². The molecule has 0 aliphatic heterocycles. The smallest absolute Gasteiger partial charge is 0.314 e. The summed E-state index contributed by atoms with van der Waals surface area (Å²) in [4.78, 5) is 10.5. The van der Waals surface area contributed by atoms with Crippen molar-refractivity contribution < 1.29 is 9.90 Å². The fourth-order valence-electron chi connectivity index (χ4n) is 1.74. The standard InChI is InChI=1S/C12H20O2/c1-2-3-4-5-6-7-8-10-9-11(10)12(13)14/h9,11H,2-8H2,1H3,(H,13,14)/t11-/m0/s1. The van der Waals surface area contributed by atoms with Crippen LogP contribution in [0.1, 0.15) is 51.9 Å². The second-order valence-electron chi connectivity index (χ2n) is 4.08. The number of carbonyl (C=O) groups is 1. The minimum Gasteiger partial charge on any atom is -0.481 e. The quantitative estimate of drug-likeness (QED) is 0.477. The first-order valence-corrected chi connectivity index (χ1v) is 5.69. The maximum Gasteiger partial charge on any atom is 0.314 e. The maximum atomic E-state index is 10.5. The minimum atomic E-state index is -0.675. The Morgan fingerprint density at radius 1 is 1.29 bits per heavy atom. The molecule has 2 nitrogen and oxygen atoms in total. The second-order valence-corrected chi connectivity index (χ2v) is 4.08. The lowest BCUT2D eigenvalue weighted by Gasteiger charge is -1.98. The number of rotatable bonds is 8. The molecular weight excluding hydrogens is 176 g/mol. The first-order valence-electron chi connectivity index (χ1n) is 5.69. The third-order valence-electron chi connectivity index (χ3n) is 2.76. The fourth-order valence-corrected chi connectivity index (χ4v) is 1.74. The van der Waals surface area contributed by atoms with Crippen LogP contribution in [0, 0.1) is 5.92 Å². The van der Waals surface area contributed by atoms with Gasteiger partial charge in [0.1, 0.15) is 0 Å². The highest BCUT2D eigenvalue weighted by atomic mass is 16.4. The predicted molar refractivity (Wildman–Crippen MR) is 57.2 cm³/mol. The molecule has 1 N–H and O–H groups in total. The van der Waals surface area contributed by atoms with E-state index in [-0.39, 0.29) is 5.92 Å². The molecule has 1 aliphatic rings. The van der Waals surface area contributed by atoms with E-state index in [9.17, 15) is 4.79 Å². The van der Waals surface area contributed by atoms with Gasteiger partial charge >= 0.3 is 5.97 Å². The van der Waals surface area contributed by atoms with Crippen molar-refractivity contribution in [3.05, 3.63) is 11.6 Å². The summed E-state index contributed by atoms with van der Waals surface area (Å²) in [5, 5.41) is 8.64. The van der Waals surface area contributed by atoms with Crippen LogP contribution in [-0.4, -0.2) is 11.1 Å². The lowest BCUT2D eigenvalue weighted by molar-refractivity contribution is -0.137. The summed E-state index contributed by atoms with van der Waals surface area (Å²) in [5.41, 5.74) is 1.15. The minimum absolute atomic E-state index is 0.203. The molecule has 0 aromatic carbocycles. The van der Waals surface area contributed by atoms with Gasteiger partial charge in [0, 0.05) is 0 Å². The Bertz CT molecular complexity index is 218. The van der Waals surface area contributed by atoms with E-state index in [1.54, 1.807) is 0 Å². The molecule has 0 radical (unpaired) electrons. The van der Waals surface area contributed by atoms with Gasteiger partial charge in [-0.1, -0.05) is 50.7 Å². The van der Waals surface area contributed by atoms with Gasteiger partial charge in [-0.3, -0.25) is 4.79 Å². The van der Waals surface area contributed by atoms with Gasteiger partial charge in [0.15, 0.2) is 0 Å². The van der Waals surface area contributed by atoms with E-state index in [0.29, 0.717) is 0 Å². The van der Waals surface area contributed by atoms with Gasteiger partial charge in [-0.05, 0) is 12.8 Å². The molecule has 0 amide bonds. The van der Waals surface area contributed by atoms with Crippen LogP contribution in [0.5, 0.6) is 0 Å². The summed E-state index contributed by atoms with van der Waals surface area (Å²) in [6.45, 7) is 2.21. The largest absolute Gasteiger partial charge is 0.481 e. The van der Waals surface area contributed by atoms with E-state index >= 15 is 0 Å². The summed E-state index contributed by atoms with van der Waals surface area (Å²) < 4.78 is 0. The van der Waals surface area contributed by atoms with Crippen LogP contribution in [0.15, 0.2) is 11.6 Å². The van der Waals surface area contributed by atoms with Crippen molar-refractivity contribution in [1.29, 1.82) is 0 Å². The molecule has 0 saturated heterocycles. The van der Waals surface area contributed by atoms with Gasteiger partial charge < -0.3 is 5.11 Å². The van der Waals surface area contributed by atoms with Gasteiger partial charge in [0.2, 0.25) is 0 Å². The Balaban J connectivity index is 1.86. The molecular formula is C12H20O2. The lowest BCUT2D eigenvalue weighted by atomic mass is 10.1. The van der Waals surface area contributed by atoms with E-state index in [0.717, 1.165) is 12.0 Å². The fraction of sp³-hybridized carbons (Fsp3) is 0.750. The number of unbranched alkanes of at least 4 members (excludes halogenated alkanes) is 5. The highest BCUT2D eigenvalue weighted by Crippen LogP contribution is 2.33. The highest BCUT2D eigenvalue weighted by molar-refractivity contribution is 5.81. The van der Waals surface area contributed by atoms with Gasteiger partial charge in [0.05, 0.1) is 5.92 Å². The van der Waals surface area contributed by atoms with Crippen molar-refractivity contribution >= 4 is 5.97 Å². The molecule has 1 aliphatic carbocycles. The van der Waals surface area contributed by atoms with Crippen LogP contribution in [0.25, 0.3) is 0 Å². The first-order chi connectivity index (χ1) is 6.75. The van der Waals surface area contributed by atoms with Crippen LogP contribution in [0.4, 0.5) is 0 Å². The monoisotopic (exact) mass is 196 g/mol. The Hall–Kier alpha value is -0.790. The van der Waals surface area contributed by atoms with E-state index in [4.69, 9.17) is 5.11 Å². The zero-order valence-corrected chi connectivity index (χ0v) is 8.96. The Labute approximate surface area is 86.0 Å². The number of aliphatic carboxylic acids is 1. The summed E-state index contributed by atoms with van der Waals surface area (Å²) >= 11 is 0. The Morgan fingerprint density at radius 3 is 2.50 bits per heavy atom. The number of carboxylic acids is 1. The van der Waals surface area contributed by atoms with Crippen molar-refractivity contribution in [3.8, 4) is 0 Å². The molecule has 14 heavy (non-hydrogen) atoms. The van der Waals surface area contributed by atoms with Crippen LogP contribution in [0.3, 0.4) is 0 Å². The Kier molecular flexibility index (Phi) is 4.71. The molecule has 0 spiro atoms. The molecule has 0 unspecified atom stereocenters. The van der Waals surface area contributed by atoms with Gasteiger partial charge in [0.25, 0.3) is 0 Å². The topological polar surface area (TPSA) is 37.3 Å². The summed E-state index contributed by atoms with van der Waals surface area (Å²) in [7, 11) is 0. The molecule has 0 aromatic heterocycles. The zero-order valence-electron chi connectivity index (χ0n) is 8.96. The third kappa shape index (κ3) is 3.95. The van der Waals surface area contributed by atoms with Crippen molar-refractivity contribution in [2.24, 2.45) is 5.92 Å². The third-order valence-corrected chi connectivity index (χ3v) is 2.76. The second kappa shape index (κ2) is 5.84. The van der Waals surface area contributed by atoms with Crippen molar-refractivity contribution in [1.82, 2.24) is 0 Å². The van der Waals surface area contributed by atoms with Crippen LogP contribution >= 0.6 is 0 Å². The first kappa shape index (κ1) is 11.3. The van der Waals surface area contributed by atoms with E-state index < -0.39 is 5.97 Å². The van der Waals surface area contributed by atoms with E-state index in [2.05, 4.69) is 6.92 Å². The molecule has 2 heteroatoms. The molecule has 0 bridgehead atoms. The van der Waals surface area contributed by atoms with Crippen molar-refractivity contribution in [2.75, 3.05) is 0 Å². The average molecular weight is 196 g/mol. The van der Waals surface area contributed by atoms with E-state index in [1.165, 1.54) is 38.5 Å². The molecule has 80 valence electrons. The molecule has 1 atom stereocenters. The Morgan fingerprint density at radius 2 is 1.93 bits per heavy atom. The van der Waals surface area contributed by atoms with Gasteiger partial charge in [-0.15, -0.1) is 0 Å². The zero-order chi connectivity index (χ0) is 10.4. The number of carboxylic acid groups (broad SMARTS) is 1. The molecule has 0 fully saturated rings. The number of hydrogen-bond acceptors (Lipinski definition) is 1. The van der Waals surface area contributed by atoms with Crippen LogP contribution in [0.2, 0.25) is 0 Å².